The topological polar surface area (TPSA) is 89.9 Å². The lowest BCUT2D eigenvalue weighted by atomic mass is 10.2. The molecule has 6 nitrogen and oxygen atoms in total. The van der Waals surface area contributed by atoms with E-state index in [2.05, 4.69) is 5.32 Å². The third-order valence-corrected chi connectivity index (χ3v) is 2.45. The minimum atomic E-state index is -1.04. The van der Waals surface area contributed by atoms with Crippen LogP contribution in [0.5, 0.6) is 0 Å². The van der Waals surface area contributed by atoms with Crippen molar-refractivity contribution in [3.05, 3.63) is 0 Å². The molecule has 0 aromatic heterocycles. The predicted molar refractivity (Wildman–Crippen MR) is 52.4 cm³/mol. The van der Waals surface area contributed by atoms with Crippen LogP contribution in [-0.4, -0.2) is 52.3 Å². The maximum atomic E-state index is 11.5. The fraction of sp³-hybridized carbons (Fsp3) is 0.778. The molecular weight excluding hydrogens is 200 g/mol. The van der Waals surface area contributed by atoms with Crippen molar-refractivity contribution in [2.24, 2.45) is 0 Å². The number of hydrogen-bond donors (Lipinski definition) is 3. The minimum Gasteiger partial charge on any atom is -0.480 e. The highest BCUT2D eigenvalue weighted by Gasteiger charge is 2.27. The molecule has 3 N–H and O–H groups in total. The van der Waals surface area contributed by atoms with E-state index in [4.69, 9.17) is 5.11 Å². The molecular formula is C9H16N2O4. The molecule has 86 valence electrons. The number of carboxylic acids is 1. The maximum absolute atomic E-state index is 11.5. The Morgan fingerprint density at radius 1 is 1.60 bits per heavy atom. The van der Waals surface area contributed by atoms with Gasteiger partial charge >= 0.3 is 12.0 Å². The third-order valence-electron chi connectivity index (χ3n) is 2.45. The van der Waals surface area contributed by atoms with E-state index < -0.39 is 24.1 Å². The Hall–Kier alpha value is -1.30. The first-order valence-corrected chi connectivity index (χ1v) is 5.01. The van der Waals surface area contributed by atoms with Crippen LogP contribution in [0, 0.1) is 0 Å². The zero-order valence-corrected chi connectivity index (χ0v) is 8.64. The summed E-state index contributed by atoms with van der Waals surface area (Å²) >= 11 is 0. The second-order valence-corrected chi connectivity index (χ2v) is 3.64. The lowest BCUT2D eigenvalue weighted by Gasteiger charge is -2.19. The smallest absolute Gasteiger partial charge is 0.326 e. The second-order valence-electron chi connectivity index (χ2n) is 3.64. The van der Waals surface area contributed by atoms with Crippen LogP contribution < -0.4 is 5.32 Å². The van der Waals surface area contributed by atoms with Gasteiger partial charge in [-0.15, -0.1) is 0 Å². The molecule has 0 saturated carbocycles. The molecule has 1 saturated heterocycles. The van der Waals surface area contributed by atoms with E-state index in [0.717, 1.165) is 0 Å². The number of nitrogens with one attached hydrogen (secondary N) is 1. The number of nitrogens with zero attached hydrogens (tertiary/aromatic N) is 1. The molecule has 1 rings (SSSR count). The molecule has 1 aliphatic heterocycles. The lowest BCUT2D eigenvalue weighted by molar-refractivity contribution is -0.139. The molecule has 1 aliphatic rings. The largest absolute Gasteiger partial charge is 0.480 e. The zero-order chi connectivity index (χ0) is 11.4. The highest BCUT2D eigenvalue weighted by molar-refractivity contribution is 5.82. The number of aliphatic carboxylic acids is 1. The van der Waals surface area contributed by atoms with Crippen LogP contribution in [0.2, 0.25) is 0 Å². The van der Waals surface area contributed by atoms with Gasteiger partial charge < -0.3 is 20.4 Å². The van der Waals surface area contributed by atoms with Crippen molar-refractivity contribution < 1.29 is 19.8 Å². The van der Waals surface area contributed by atoms with Crippen molar-refractivity contribution in [3.63, 3.8) is 0 Å². The van der Waals surface area contributed by atoms with Crippen LogP contribution >= 0.6 is 0 Å². The summed E-state index contributed by atoms with van der Waals surface area (Å²) in [6, 6.07) is -1.27. The minimum absolute atomic E-state index is 0.280. The van der Waals surface area contributed by atoms with Crippen molar-refractivity contribution in [2.75, 3.05) is 13.1 Å². The maximum Gasteiger partial charge on any atom is 0.326 e. The zero-order valence-electron chi connectivity index (χ0n) is 8.64. The average Bonchev–Trinajstić information content (AvgIpc) is 2.60. The number of aliphatic hydroxyl groups is 1. The number of urea groups is 1. The predicted octanol–water partition coefficient (Wildman–Crippen LogP) is -0.374. The van der Waals surface area contributed by atoms with Gasteiger partial charge in [0.1, 0.15) is 6.04 Å². The Labute approximate surface area is 87.9 Å². The number of carboxylic acid groups (broad SMARTS) is 1. The molecule has 0 spiro atoms. The molecule has 0 aromatic carbocycles. The van der Waals surface area contributed by atoms with Gasteiger partial charge in [0.15, 0.2) is 0 Å². The quantitative estimate of drug-likeness (QED) is 0.600. The van der Waals surface area contributed by atoms with Crippen molar-refractivity contribution in [1.82, 2.24) is 10.2 Å². The summed E-state index contributed by atoms with van der Waals surface area (Å²) in [5, 5.41) is 20.4. The van der Waals surface area contributed by atoms with Crippen LogP contribution in [0.3, 0.4) is 0 Å². The average molecular weight is 216 g/mol. The number of amides is 2. The molecule has 0 aromatic rings. The summed E-state index contributed by atoms with van der Waals surface area (Å²) in [4.78, 5) is 23.6. The third kappa shape index (κ3) is 3.09. The Morgan fingerprint density at radius 3 is 2.67 bits per heavy atom. The van der Waals surface area contributed by atoms with E-state index in [-0.39, 0.29) is 6.54 Å². The summed E-state index contributed by atoms with van der Waals surface area (Å²) < 4.78 is 0. The Kier molecular flexibility index (Phi) is 3.90. The normalized spacial score (nSPS) is 22.5. The SMILES string of the molecule is CCC(NC(=O)N1CCC(O)C1)C(=O)O. The van der Waals surface area contributed by atoms with Crippen LogP contribution in [-0.2, 0) is 4.79 Å². The van der Waals surface area contributed by atoms with E-state index in [1.54, 1.807) is 6.92 Å². The van der Waals surface area contributed by atoms with Crippen LogP contribution in [0.4, 0.5) is 4.79 Å². The number of aliphatic hydroxyl groups excluding tert-OH is 1. The molecule has 6 heteroatoms. The van der Waals surface area contributed by atoms with Gasteiger partial charge in [-0.3, -0.25) is 0 Å². The van der Waals surface area contributed by atoms with Crippen LogP contribution in [0.1, 0.15) is 19.8 Å². The summed E-state index contributed by atoms with van der Waals surface area (Å²) in [7, 11) is 0. The van der Waals surface area contributed by atoms with E-state index in [1.165, 1.54) is 4.90 Å². The standard InChI is InChI=1S/C9H16N2O4/c1-2-7(8(13)14)10-9(15)11-4-3-6(12)5-11/h6-7,12H,2-5H2,1H3,(H,10,15)(H,13,14). The monoisotopic (exact) mass is 216 g/mol. The number of carbonyl (C=O) groups excluding carboxylic acids is 1. The first kappa shape index (κ1) is 11.8. The van der Waals surface area contributed by atoms with E-state index in [9.17, 15) is 14.7 Å². The molecule has 0 aliphatic carbocycles. The van der Waals surface area contributed by atoms with Crippen molar-refractivity contribution in [1.29, 1.82) is 0 Å². The van der Waals surface area contributed by atoms with Gasteiger partial charge in [0.2, 0.25) is 0 Å². The van der Waals surface area contributed by atoms with Gasteiger partial charge in [-0.1, -0.05) is 6.92 Å². The van der Waals surface area contributed by atoms with Crippen molar-refractivity contribution in [3.8, 4) is 0 Å². The molecule has 1 heterocycles. The number of likely N-dealkylation sites (tertiary alicyclic amines) is 1. The molecule has 1 fully saturated rings. The lowest BCUT2D eigenvalue weighted by Crippen LogP contribution is -2.47. The number of rotatable bonds is 3. The van der Waals surface area contributed by atoms with Gasteiger partial charge in [0.25, 0.3) is 0 Å². The molecule has 2 unspecified atom stereocenters. The fourth-order valence-corrected chi connectivity index (χ4v) is 1.51. The number of hydrogen-bond acceptors (Lipinski definition) is 3. The Bertz CT molecular complexity index is 256. The van der Waals surface area contributed by atoms with Crippen LogP contribution in [0.15, 0.2) is 0 Å². The Balaban J connectivity index is 2.44. The van der Waals surface area contributed by atoms with Gasteiger partial charge in [-0.25, -0.2) is 9.59 Å². The first-order valence-electron chi connectivity index (χ1n) is 5.01. The first-order chi connectivity index (χ1) is 7.04. The molecule has 15 heavy (non-hydrogen) atoms. The second kappa shape index (κ2) is 4.97. The van der Waals surface area contributed by atoms with Gasteiger partial charge in [-0.05, 0) is 12.8 Å². The van der Waals surface area contributed by atoms with E-state index in [1.807, 2.05) is 0 Å². The summed E-state index contributed by atoms with van der Waals surface area (Å²) in [5.74, 6) is -1.04. The highest BCUT2D eigenvalue weighted by Crippen LogP contribution is 2.08. The van der Waals surface area contributed by atoms with Crippen LogP contribution in [0.25, 0.3) is 0 Å². The van der Waals surface area contributed by atoms with Gasteiger partial charge in [-0.2, -0.15) is 0 Å². The van der Waals surface area contributed by atoms with Crippen molar-refractivity contribution in [2.45, 2.75) is 31.9 Å². The molecule has 0 radical (unpaired) electrons. The van der Waals surface area contributed by atoms with E-state index >= 15 is 0 Å². The summed E-state index contributed by atoms with van der Waals surface area (Å²) in [5.41, 5.74) is 0. The van der Waals surface area contributed by atoms with Crippen molar-refractivity contribution >= 4 is 12.0 Å². The molecule has 2 amide bonds. The molecule has 2 atom stereocenters. The van der Waals surface area contributed by atoms with Gasteiger partial charge in [0.05, 0.1) is 6.10 Å². The van der Waals surface area contributed by atoms with E-state index in [0.29, 0.717) is 19.4 Å². The highest BCUT2D eigenvalue weighted by atomic mass is 16.4. The number of β-amino-alcohol motifs (C(OH)–C–C–N with tert-alkyl or cyclic N) is 1. The summed E-state index contributed by atoms with van der Waals surface area (Å²) in [6.07, 6.45) is 0.412. The number of carbonyl (C=O) groups is 2. The summed E-state index contributed by atoms with van der Waals surface area (Å²) in [6.45, 7) is 2.45. The fourth-order valence-electron chi connectivity index (χ4n) is 1.51. The Morgan fingerprint density at radius 2 is 2.27 bits per heavy atom. The van der Waals surface area contributed by atoms with Gasteiger partial charge in [0, 0.05) is 13.1 Å². The molecule has 0 bridgehead atoms.